The van der Waals surface area contributed by atoms with Gasteiger partial charge in [0, 0.05) is 30.4 Å². The molecule has 0 spiro atoms. The van der Waals surface area contributed by atoms with E-state index in [4.69, 9.17) is 0 Å². The fourth-order valence-electron chi connectivity index (χ4n) is 2.89. The Balaban J connectivity index is 2.01. The highest BCUT2D eigenvalue weighted by Crippen LogP contribution is 2.20. The van der Waals surface area contributed by atoms with E-state index in [0.29, 0.717) is 0 Å². The lowest BCUT2D eigenvalue weighted by Gasteiger charge is -2.19. The van der Waals surface area contributed by atoms with Gasteiger partial charge in [0.25, 0.3) is 0 Å². The molecule has 3 rings (SSSR count). The van der Waals surface area contributed by atoms with Gasteiger partial charge in [-0.2, -0.15) is 0 Å². The molecule has 0 atom stereocenters. The summed E-state index contributed by atoms with van der Waals surface area (Å²) >= 11 is 0. The highest BCUT2D eigenvalue weighted by Gasteiger charge is 2.12. The second-order valence-electron chi connectivity index (χ2n) is 5.59. The Bertz CT molecular complexity index is 727. The number of nitrogens with zero attached hydrogens (tertiary/aromatic N) is 3. The van der Waals surface area contributed by atoms with Gasteiger partial charge in [-0.3, -0.25) is 4.90 Å². The number of benzene rings is 1. The molecule has 1 aromatic carbocycles. The lowest BCUT2D eigenvalue weighted by Crippen LogP contribution is -2.24. The van der Waals surface area contributed by atoms with Crippen LogP contribution >= 0.6 is 0 Å². The van der Waals surface area contributed by atoms with E-state index in [-0.39, 0.29) is 0 Å². The van der Waals surface area contributed by atoms with Crippen molar-refractivity contribution in [2.45, 2.75) is 26.9 Å². The van der Waals surface area contributed by atoms with Crippen molar-refractivity contribution in [2.24, 2.45) is 0 Å². The molecule has 2 heterocycles. The first-order valence-electron chi connectivity index (χ1n) is 8.01. The minimum absolute atomic E-state index is 0.873. The molecule has 22 heavy (non-hydrogen) atoms. The maximum atomic E-state index is 4.60. The van der Waals surface area contributed by atoms with Crippen LogP contribution in [-0.2, 0) is 13.1 Å². The zero-order valence-corrected chi connectivity index (χ0v) is 13.4. The summed E-state index contributed by atoms with van der Waals surface area (Å²) in [5.41, 5.74) is 3.72. The molecule has 0 fully saturated rings. The Labute approximate surface area is 132 Å². The zero-order chi connectivity index (χ0) is 15.4. The average Bonchev–Trinajstić information content (AvgIpc) is 2.91. The summed E-state index contributed by atoms with van der Waals surface area (Å²) in [5, 5.41) is 1.22. The van der Waals surface area contributed by atoms with Crippen LogP contribution < -0.4 is 0 Å². The van der Waals surface area contributed by atoms with Crippen LogP contribution in [0.2, 0.25) is 0 Å². The number of hydrogen-bond acceptors (Lipinski definition) is 2. The molecule has 0 aliphatic rings. The van der Waals surface area contributed by atoms with Gasteiger partial charge in [-0.25, -0.2) is 4.98 Å². The Morgan fingerprint density at radius 1 is 1.00 bits per heavy atom. The maximum absolute atomic E-state index is 4.60. The van der Waals surface area contributed by atoms with E-state index in [1.807, 2.05) is 12.3 Å². The highest BCUT2D eigenvalue weighted by molar-refractivity contribution is 5.77. The minimum atomic E-state index is 0.873. The first kappa shape index (κ1) is 14.8. The summed E-state index contributed by atoms with van der Waals surface area (Å²) in [6.07, 6.45) is 1.88. The first-order chi connectivity index (χ1) is 10.8. The van der Waals surface area contributed by atoms with Crippen molar-refractivity contribution < 1.29 is 0 Å². The third-order valence-electron chi connectivity index (χ3n) is 4.20. The Morgan fingerprint density at radius 3 is 2.50 bits per heavy atom. The van der Waals surface area contributed by atoms with E-state index in [2.05, 4.69) is 70.8 Å². The quantitative estimate of drug-likeness (QED) is 0.686. The lowest BCUT2D eigenvalue weighted by molar-refractivity contribution is 0.289. The molecular weight excluding hydrogens is 270 g/mol. The zero-order valence-electron chi connectivity index (χ0n) is 13.4. The van der Waals surface area contributed by atoms with Crippen molar-refractivity contribution in [1.82, 2.24) is 14.5 Å². The molecule has 3 heteroatoms. The number of fused-ring (bicyclic) bond motifs is 1. The molecule has 0 N–H and O–H groups in total. The summed E-state index contributed by atoms with van der Waals surface area (Å²) in [4.78, 5) is 7.04. The van der Waals surface area contributed by atoms with Gasteiger partial charge in [0.15, 0.2) is 0 Å². The predicted octanol–water partition coefficient (Wildman–Crippen LogP) is 3.93. The maximum Gasteiger partial charge on any atom is 0.140 e. The summed E-state index contributed by atoms with van der Waals surface area (Å²) in [7, 11) is 0. The van der Waals surface area contributed by atoms with Gasteiger partial charge in [0.05, 0.1) is 0 Å². The van der Waals surface area contributed by atoms with Crippen LogP contribution in [0.3, 0.4) is 0 Å². The third kappa shape index (κ3) is 3.04. The van der Waals surface area contributed by atoms with Crippen molar-refractivity contribution in [3.63, 3.8) is 0 Å². The van der Waals surface area contributed by atoms with Crippen molar-refractivity contribution in [1.29, 1.82) is 0 Å². The van der Waals surface area contributed by atoms with Crippen molar-refractivity contribution >= 4 is 11.0 Å². The van der Waals surface area contributed by atoms with E-state index in [1.165, 1.54) is 16.6 Å². The average molecular weight is 293 g/mol. The van der Waals surface area contributed by atoms with Gasteiger partial charge in [-0.05, 0) is 36.9 Å². The molecule has 3 aromatic rings. The molecule has 0 unspecified atom stereocenters. The van der Waals surface area contributed by atoms with Crippen LogP contribution in [0.25, 0.3) is 11.0 Å². The van der Waals surface area contributed by atoms with Crippen LogP contribution in [0.5, 0.6) is 0 Å². The topological polar surface area (TPSA) is 21.1 Å². The van der Waals surface area contributed by atoms with Crippen LogP contribution in [-0.4, -0.2) is 27.5 Å². The van der Waals surface area contributed by atoms with Crippen LogP contribution in [0.1, 0.15) is 25.1 Å². The van der Waals surface area contributed by atoms with Crippen molar-refractivity contribution in [3.05, 3.63) is 66.0 Å². The second kappa shape index (κ2) is 6.75. The van der Waals surface area contributed by atoms with E-state index < -0.39 is 0 Å². The standard InChI is InChI=1S/C19H23N3/c1-3-21(4-2)15-18-13-17-11-8-12-20-19(17)22(18)14-16-9-6-5-7-10-16/h5-13H,3-4,14-15H2,1-2H3. The fourth-order valence-corrected chi connectivity index (χ4v) is 2.89. The molecule has 0 bridgehead atoms. The summed E-state index contributed by atoms with van der Waals surface area (Å²) in [6, 6.07) is 17.0. The molecule has 3 nitrogen and oxygen atoms in total. The molecule has 0 aliphatic carbocycles. The Morgan fingerprint density at radius 2 is 1.77 bits per heavy atom. The lowest BCUT2D eigenvalue weighted by atomic mass is 10.2. The van der Waals surface area contributed by atoms with Crippen molar-refractivity contribution in [2.75, 3.05) is 13.1 Å². The van der Waals surface area contributed by atoms with E-state index in [0.717, 1.165) is 31.8 Å². The predicted molar refractivity (Wildman–Crippen MR) is 91.9 cm³/mol. The summed E-state index contributed by atoms with van der Waals surface area (Å²) in [5.74, 6) is 0. The van der Waals surface area contributed by atoms with Crippen LogP contribution in [0.4, 0.5) is 0 Å². The minimum Gasteiger partial charge on any atom is -0.324 e. The number of hydrogen-bond donors (Lipinski definition) is 0. The molecule has 0 saturated heterocycles. The summed E-state index contributed by atoms with van der Waals surface area (Å²) < 4.78 is 2.35. The van der Waals surface area contributed by atoms with Crippen LogP contribution in [0, 0.1) is 0 Å². The Hall–Kier alpha value is -2.13. The van der Waals surface area contributed by atoms with Gasteiger partial charge in [-0.15, -0.1) is 0 Å². The normalized spacial score (nSPS) is 11.4. The SMILES string of the molecule is CCN(CC)Cc1cc2cccnc2n1Cc1ccccc1. The summed E-state index contributed by atoms with van der Waals surface area (Å²) in [6.45, 7) is 8.40. The van der Waals surface area contributed by atoms with Gasteiger partial charge >= 0.3 is 0 Å². The fraction of sp³-hybridized carbons (Fsp3) is 0.316. The number of pyridine rings is 1. The third-order valence-corrected chi connectivity index (χ3v) is 4.20. The van der Waals surface area contributed by atoms with Gasteiger partial charge < -0.3 is 4.57 Å². The first-order valence-corrected chi connectivity index (χ1v) is 8.01. The number of aromatic nitrogens is 2. The second-order valence-corrected chi connectivity index (χ2v) is 5.59. The van der Waals surface area contributed by atoms with Crippen molar-refractivity contribution in [3.8, 4) is 0 Å². The van der Waals surface area contributed by atoms with Gasteiger partial charge in [-0.1, -0.05) is 44.2 Å². The van der Waals surface area contributed by atoms with E-state index >= 15 is 0 Å². The van der Waals surface area contributed by atoms with Crippen LogP contribution in [0.15, 0.2) is 54.7 Å². The van der Waals surface area contributed by atoms with Gasteiger partial charge in [0.2, 0.25) is 0 Å². The highest BCUT2D eigenvalue weighted by atomic mass is 15.1. The Kier molecular flexibility index (Phi) is 4.54. The largest absolute Gasteiger partial charge is 0.324 e. The molecular formula is C19H23N3. The molecule has 2 aromatic heterocycles. The van der Waals surface area contributed by atoms with E-state index in [9.17, 15) is 0 Å². The smallest absolute Gasteiger partial charge is 0.140 e. The molecule has 114 valence electrons. The molecule has 0 saturated carbocycles. The van der Waals surface area contributed by atoms with Gasteiger partial charge in [0.1, 0.15) is 5.65 Å². The molecule has 0 amide bonds. The molecule has 0 radical (unpaired) electrons. The molecule has 0 aliphatic heterocycles. The monoisotopic (exact) mass is 293 g/mol. The number of rotatable bonds is 6. The van der Waals surface area contributed by atoms with E-state index in [1.54, 1.807) is 0 Å².